The highest BCUT2D eigenvalue weighted by Crippen LogP contribution is 2.25. The van der Waals surface area contributed by atoms with Crippen molar-refractivity contribution < 1.29 is 17.6 Å². The molecule has 0 bridgehead atoms. The van der Waals surface area contributed by atoms with Crippen LogP contribution in [0.2, 0.25) is 0 Å². The van der Waals surface area contributed by atoms with Crippen LogP contribution >= 0.6 is 0 Å². The van der Waals surface area contributed by atoms with Crippen LogP contribution in [-0.4, -0.2) is 48.7 Å². The third-order valence-corrected chi connectivity index (χ3v) is 7.03. The van der Waals surface area contributed by atoms with Gasteiger partial charge in [0.1, 0.15) is 18.1 Å². The van der Waals surface area contributed by atoms with E-state index in [2.05, 4.69) is 16.8 Å². The molecule has 2 aromatic heterocycles. The zero-order valence-electron chi connectivity index (χ0n) is 18.7. The highest BCUT2D eigenvalue weighted by molar-refractivity contribution is 7.90. The number of rotatable bonds is 8. The van der Waals surface area contributed by atoms with Gasteiger partial charge in [0.2, 0.25) is 5.89 Å². The number of hydrogen-bond acceptors (Lipinski definition) is 7. The summed E-state index contributed by atoms with van der Waals surface area (Å²) in [6, 6.07) is 11.4. The molecule has 7 nitrogen and oxygen atoms in total. The van der Waals surface area contributed by atoms with Crippen molar-refractivity contribution in [2.45, 2.75) is 50.7 Å². The van der Waals surface area contributed by atoms with Crippen molar-refractivity contribution in [3.63, 3.8) is 0 Å². The standard InChI is InChI=1S/C24H29N3O4S/c1-17-5-4-13-27(17)14-12-23-18(2)31-24(26-23)19-6-9-21(10-7-19)30-16-20-8-11-22(15-25-20)32(3,28)29/h6-11,15,17H,4-5,12-14,16H2,1-3H3/t17-/m1/s1. The average Bonchev–Trinajstić information content (AvgIpc) is 3.35. The fraction of sp³-hybridized carbons (Fsp3) is 0.417. The van der Waals surface area contributed by atoms with Crippen LogP contribution in [-0.2, 0) is 22.9 Å². The van der Waals surface area contributed by atoms with Crippen molar-refractivity contribution in [2.24, 2.45) is 0 Å². The number of oxazole rings is 1. The highest BCUT2D eigenvalue weighted by Gasteiger charge is 2.21. The number of hydrogen-bond donors (Lipinski definition) is 0. The van der Waals surface area contributed by atoms with Gasteiger partial charge in [-0.1, -0.05) is 0 Å². The molecule has 4 rings (SSSR count). The van der Waals surface area contributed by atoms with Crippen molar-refractivity contribution in [3.05, 3.63) is 59.7 Å². The van der Waals surface area contributed by atoms with Crippen molar-refractivity contribution in [3.8, 4) is 17.2 Å². The van der Waals surface area contributed by atoms with E-state index in [0.29, 0.717) is 23.4 Å². The van der Waals surface area contributed by atoms with Gasteiger partial charge in [0.05, 0.1) is 16.3 Å². The maximum absolute atomic E-state index is 11.5. The third-order valence-electron chi connectivity index (χ3n) is 5.93. The van der Waals surface area contributed by atoms with E-state index in [0.717, 1.165) is 36.2 Å². The Morgan fingerprint density at radius 2 is 1.97 bits per heavy atom. The van der Waals surface area contributed by atoms with Crippen molar-refractivity contribution >= 4 is 9.84 Å². The Morgan fingerprint density at radius 3 is 2.59 bits per heavy atom. The van der Waals surface area contributed by atoms with E-state index >= 15 is 0 Å². The van der Waals surface area contributed by atoms with Crippen LogP contribution in [0.25, 0.3) is 11.5 Å². The van der Waals surface area contributed by atoms with Crippen LogP contribution in [0, 0.1) is 6.92 Å². The van der Waals surface area contributed by atoms with Gasteiger partial charge in [-0.05, 0) is 69.6 Å². The maximum Gasteiger partial charge on any atom is 0.226 e. The molecule has 1 atom stereocenters. The summed E-state index contributed by atoms with van der Waals surface area (Å²) in [6.45, 7) is 6.70. The number of ether oxygens (including phenoxy) is 1. The molecule has 0 radical (unpaired) electrons. The van der Waals surface area contributed by atoms with Crippen molar-refractivity contribution in [2.75, 3.05) is 19.3 Å². The van der Waals surface area contributed by atoms with Gasteiger partial charge in [-0.2, -0.15) is 0 Å². The Labute approximate surface area is 189 Å². The summed E-state index contributed by atoms with van der Waals surface area (Å²) in [5.41, 5.74) is 2.57. The van der Waals surface area contributed by atoms with E-state index in [1.807, 2.05) is 31.2 Å². The van der Waals surface area contributed by atoms with Gasteiger partial charge in [0.25, 0.3) is 0 Å². The van der Waals surface area contributed by atoms with Gasteiger partial charge < -0.3 is 14.1 Å². The molecule has 170 valence electrons. The Bertz CT molecular complexity index is 1150. The molecule has 1 aromatic carbocycles. The van der Waals surface area contributed by atoms with E-state index in [-0.39, 0.29) is 11.5 Å². The second-order valence-electron chi connectivity index (χ2n) is 8.37. The maximum atomic E-state index is 11.5. The van der Waals surface area contributed by atoms with E-state index < -0.39 is 9.84 Å². The summed E-state index contributed by atoms with van der Waals surface area (Å²) in [4.78, 5) is 11.6. The zero-order valence-corrected chi connectivity index (χ0v) is 19.6. The molecular weight excluding hydrogens is 426 g/mol. The first-order valence-electron chi connectivity index (χ1n) is 10.9. The van der Waals surface area contributed by atoms with Gasteiger partial charge in [-0.15, -0.1) is 0 Å². The normalized spacial score (nSPS) is 17.0. The van der Waals surface area contributed by atoms with Crippen LogP contribution in [0.3, 0.4) is 0 Å². The molecular formula is C24H29N3O4S. The van der Waals surface area contributed by atoms with Crippen LogP contribution in [0.15, 0.2) is 51.9 Å². The molecule has 8 heteroatoms. The Balaban J connectivity index is 1.35. The van der Waals surface area contributed by atoms with Gasteiger partial charge in [0.15, 0.2) is 9.84 Å². The molecule has 0 N–H and O–H groups in total. The lowest BCUT2D eigenvalue weighted by Gasteiger charge is -2.20. The molecule has 32 heavy (non-hydrogen) atoms. The van der Waals surface area contributed by atoms with Crippen molar-refractivity contribution in [1.29, 1.82) is 0 Å². The van der Waals surface area contributed by atoms with Gasteiger partial charge in [0, 0.05) is 37.0 Å². The number of likely N-dealkylation sites (tertiary alicyclic amines) is 1. The van der Waals surface area contributed by atoms with E-state index in [1.165, 1.54) is 31.6 Å². The quantitative estimate of drug-likeness (QED) is 0.506. The number of benzene rings is 1. The lowest BCUT2D eigenvalue weighted by molar-refractivity contribution is 0.271. The first-order chi connectivity index (χ1) is 15.3. The molecule has 0 amide bonds. The minimum Gasteiger partial charge on any atom is -0.487 e. The lowest BCUT2D eigenvalue weighted by atomic mass is 10.2. The van der Waals surface area contributed by atoms with Crippen molar-refractivity contribution in [1.82, 2.24) is 14.9 Å². The predicted octanol–water partition coefficient (Wildman–Crippen LogP) is 4.05. The zero-order chi connectivity index (χ0) is 22.7. The largest absolute Gasteiger partial charge is 0.487 e. The molecule has 1 aliphatic heterocycles. The smallest absolute Gasteiger partial charge is 0.226 e. The fourth-order valence-corrected chi connectivity index (χ4v) is 4.48. The summed E-state index contributed by atoms with van der Waals surface area (Å²) in [7, 11) is -3.25. The van der Waals surface area contributed by atoms with E-state index in [4.69, 9.17) is 14.1 Å². The second kappa shape index (κ2) is 9.42. The topological polar surface area (TPSA) is 85.5 Å². The first-order valence-corrected chi connectivity index (χ1v) is 12.8. The monoisotopic (exact) mass is 455 g/mol. The first kappa shape index (κ1) is 22.5. The fourth-order valence-electron chi connectivity index (χ4n) is 3.92. The summed E-state index contributed by atoms with van der Waals surface area (Å²) in [6.07, 6.45) is 5.96. The Hall–Kier alpha value is -2.71. The predicted molar refractivity (Wildman–Crippen MR) is 122 cm³/mol. The summed E-state index contributed by atoms with van der Waals surface area (Å²) in [5.74, 6) is 2.18. The minimum absolute atomic E-state index is 0.196. The van der Waals surface area contributed by atoms with Gasteiger partial charge in [-0.25, -0.2) is 13.4 Å². The van der Waals surface area contributed by atoms with E-state index in [1.54, 1.807) is 6.07 Å². The van der Waals surface area contributed by atoms with E-state index in [9.17, 15) is 8.42 Å². The lowest BCUT2D eigenvalue weighted by Crippen LogP contribution is -2.29. The molecule has 3 aromatic rings. The molecule has 0 aliphatic carbocycles. The molecule has 0 unspecified atom stereocenters. The molecule has 1 saturated heterocycles. The Morgan fingerprint density at radius 1 is 1.19 bits per heavy atom. The molecule has 3 heterocycles. The Kier molecular flexibility index (Phi) is 6.62. The van der Waals surface area contributed by atoms with Crippen LogP contribution in [0.1, 0.15) is 36.9 Å². The summed E-state index contributed by atoms with van der Waals surface area (Å²) in [5, 5.41) is 0. The number of aryl methyl sites for hydroxylation is 1. The highest BCUT2D eigenvalue weighted by atomic mass is 32.2. The molecule has 0 spiro atoms. The summed E-state index contributed by atoms with van der Waals surface area (Å²) < 4.78 is 34.7. The number of sulfone groups is 1. The van der Waals surface area contributed by atoms with Crippen LogP contribution in [0.5, 0.6) is 5.75 Å². The SMILES string of the molecule is Cc1oc(-c2ccc(OCc3ccc(S(C)(=O)=O)cn3)cc2)nc1CCN1CCC[C@H]1C. The third kappa shape index (κ3) is 5.37. The summed E-state index contributed by atoms with van der Waals surface area (Å²) >= 11 is 0. The van der Waals surface area contributed by atoms with Crippen LogP contribution in [0.4, 0.5) is 0 Å². The number of pyridine rings is 1. The number of nitrogens with zero attached hydrogens (tertiary/aromatic N) is 3. The minimum atomic E-state index is -3.25. The molecule has 1 aliphatic rings. The number of aromatic nitrogens is 2. The molecule has 1 fully saturated rings. The second-order valence-corrected chi connectivity index (χ2v) is 10.4. The average molecular weight is 456 g/mol. The van der Waals surface area contributed by atoms with Gasteiger partial charge >= 0.3 is 0 Å². The van der Waals surface area contributed by atoms with Gasteiger partial charge in [-0.3, -0.25) is 4.98 Å². The van der Waals surface area contributed by atoms with Crippen LogP contribution < -0.4 is 4.74 Å². The molecule has 0 saturated carbocycles.